The van der Waals surface area contributed by atoms with Crippen LogP contribution in [-0.2, 0) is 13.0 Å². The summed E-state index contributed by atoms with van der Waals surface area (Å²) in [6.07, 6.45) is 2.49. The van der Waals surface area contributed by atoms with Crippen molar-refractivity contribution in [1.82, 2.24) is 10.2 Å². The average molecular weight is 266 g/mol. The maximum absolute atomic E-state index is 3.52. The summed E-state index contributed by atoms with van der Waals surface area (Å²) in [6.45, 7) is 12.7. The van der Waals surface area contributed by atoms with E-state index in [1.807, 2.05) is 11.3 Å². The maximum atomic E-state index is 3.52. The quantitative estimate of drug-likeness (QED) is 0.851. The summed E-state index contributed by atoms with van der Waals surface area (Å²) in [5, 5.41) is 5.76. The summed E-state index contributed by atoms with van der Waals surface area (Å²) < 4.78 is 0. The molecule has 0 saturated carbocycles. The zero-order chi connectivity index (χ0) is 13.0. The lowest BCUT2D eigenvalue weighted by molar-refractivity contribution is 0.145. The van der Waals surface area contributed by atoms with Crippen molar-refractivity contribution in [3.05, 3.63) is 21.9 Å². The fourth-order valence-electron chi connectivity index (χ4n) is 2.70. The molecule has 0 bridgehead atoms. The van der Waals surface area contributed by atoms with E-state index in [9.17, 15) is 0 Å². The Balaban J connectivity index is 1.93. The molecule has 1 N–H and O–H groups in total. The van der Waals surface area contributed by atoms with E-state index < -0.39 is 0 Å². The summed E-state index contributed by atoms with van der Waals surface area (Å²) in [4.78, 5) is 4.24. The van der Waals surface area contributed by atoms with E-state index in [1.165, 1.54) is 25.9 Å². The first-order chi connectivity index (χ1) is 8.67. The predicted molar refractivity (Wildman–Crippen MR) is 80.2 cm³/mol. The molecule has 0 spiro atoms. The molecule has 102 valence electrons. The first-order valence-electron chi connectivity index (χ1n) is 7.15. The van der Waals surface area contributed by atoms with Crippen molar-refractivity contribution in [3.63, 3.8) is 0 Å². The Labute approximate surface area is 115 Å². The van der Waals surface area contributed by atoms with E-state index in [0.717, 1.165) is 19.6 Å². The van der Waals surface area contributed by atoms with Gasteiger partial charge in [0, 0.05) is 31.1 Å². The van der Waals surface area contributed by atoms with Crippen LogP contribution in [0, 0.1) is 5.41 Å². The molecule has 2 nitrogen and oxygen atoms in total. The minimum absolute atomic E-state index is 0.406. The van der Waals surface area contributed by atoms with E-state index in [-0.39, 0.29) is 0 Å². The number of hydrogen-bond donors (Lipinski definition) is 1. The van der Waals surface area contributed by atoms with Gasteiger partial charge in [-0.1, -0.05) is 20.8 Å². The van der Waals surface area contributed by atoms with Crippen LogP contribution in [0.25, 0.3) is 0 Å². The molecule has 2 heterocycles. The Morgan fingerprint density at radius 3 is 3.00 bits per heavy atom. The minimum Gasteiger partial charge on any atom is -0.316 e. The molecule has 3 heteroatoms. The Hall–Kier alpha value is -0.380. The van der Waals surface area contributed by atoms with Crippen molar-refractivity contribution in [2.75, 3.05) is 26.2 Å². The smallest absolute Gasteiger partial charge is 0.0245 e. The van der Waals surface area contributed by atoms with Crippen molar-refractivity contribution in [3.8, 4) is 0 Å². The van der Waals surface area contributed by atoms with Gasteiger partial charge in [-0.25, -0.2) is 0 Å². The van der Waals surface area contributed by atoms with Crippen LogP contribution in [0.3, 0.4) is 0 Å². The molecule has 0 fully saturated rings. The van der Waals surface area contributed by atoms with Crippen molar-refractivity contribution in [1.29, 1.82) is 0 Å². The number of rotatable bonds is 6. The maximum Gasteiger partial charge on any atom is 0.0245 e. The fraction of sp³-hybridized carbons (Fsp3) is 0.733. The van der Waals surface area contributed by atoms with Gasteiger partial charge in [0.15, 0.2) is 0 Å². The number of hydrogen-bond acceptors (Lipinski definition) is 3. The van der Waals surface area contributed by atoms with Crippen LogP contribution in [0.5, 0.6) is 0 Å². The van der Waals surface area contributed by atoms with Crippen molar-refractivity contribution >= 4 is 11.3 Å². The zero-order valence-electron chi connectivity index (χ0n) is 12.0. The molecule has 1 unspecified atom stereocenters. The Morgan fingerprint density at radius 1 is 1.44 bits per heavy atom. The van der Waals surface area contributed by atoms with Crippen LogP contribution < -0.4 is 5.32 Å². The predicted octanol–water partition coefficient (Wildman–Crippen LogP) is 3.13. The molecule has 1 aromatic heterocycles. The summed E-state index contributed by atoms with van der Waals surface area (Å²) in [6, 6.07) is 2.31. The minimum atomic E-state index is 0.406. The van der Waals surface area contributed by atoms with Crippen LogP contribution in [0.2, 0.25) is 0 Å². The molecule has 0 aromatic carbocycles. The standard InChI is InChI=1S/C15H26N2S/c1-4-15(3,11-16-5-2)12-17-8-6-14-13(10-17)7-9-18-14/h7,9,16H,4-6,8,10-12H2,1-3H3. The van der Waals surface area contributed by atoms with E-state index in [2.05, 4.69) is 42.4 Å². The van der Waals surface area contributed by atoms with Crippen molar-refractivity contribution < 1.29 is 0 Å². The highest BCUT2D eigenvalue weighted by Gasteiger charge is 2.27. The molecule has 1 aliphatic rings. The second-order valence-electron chi connectivity index (χ2n) is 5.77. The largest absolute Gasteiger partial charge is 0.316 e. The van der Waals surface area contributed by atoms with Gasteiger partial charge in [0.1, 0.15) is 0 Å². The third-order valence-electron chi connectivity index (χ3n) is 4.15. The number of fused-ring (bicyclic) bond motifs is 1. The lowest BCUT2D eigenvalue weighted by Gasteiger charge is -2.37. The number of nitrogens with one attached hydrogen (secondary N) is 1. The second-order valence-corrected chi connectivity index (χ2v) is 6.77. The molecule has 18 heavy (non-hydrogen) atoms. The van der Waals surface area contributed by atoms with Crippen LogP contribution in [0.15, 0.2) is 11.4 Å². The average Bonchev–Trinajstić information content (AvgIpc) is 2.84. The van der Waals surface area contributed by atoms with Gasteiger partial charge in [-0.3, -0.25) is 4.90 Å². The highest BCUT2D eigenvalue weighted by molar-refractivity contribution is 7.10. The lowest BCUT2D eigenvalue weighted by Crippen LogP contribution is -2.43. The van der Waals surface area contributed by atoms with Gasteiger partial charge in [0.05, 0.1) is 0 Å². The van der Waals surface area contributed by atoms with E-state index in [1.54, 1.807) is 10.4 Å². The van der Waals surface area contributed by atoms with Crippen LogP contribution >= 0.6 is 11.3 Å². The third-order valence-corrected chi connectivity index (χ3v) is 5.17. The first-order valence-corrected chi connectivity index (χ1v) is 8.03. The van der Waals surface area contributed by atoms with E-state index >= 15 is 0 Å². The van der Waals surface area contributed by atoms with Gasteiger partial charge in [0.2, 0.25) is 0 Å². The van der Waals surface area contributed by atoms with Gasteiger partial charge < -0.3 is 5.32 Å². The molecule has 1 atom stereocenters. The summed E-state index contributed by atoms with van der Waals surface area (Å²) in [5.41, 5.74) is 1.97. The SMILES string of the molecule is CCNCC(C)(CC)CN1CCc2sccc2C1. The first kappa shape index (κ1) is 14.0. The van der Waals surface area contributed by atoms with Gasteiger partial charge in [-0.05, 0) is 41.8 Å². The molecular weight excluding hydrogens is 240 g/mol. The number of thiophene rings is 1. The molecule has 1 aliphatic heterocycles. The molecule has 2 rings (SSSR count). The highest BCUT2D eigenvalue weighted by Crippen LogP contribution is 2.28. The van der Waals surface area contributed by atoms with Crippen LogP contribution in [0.1, 0.15) is 37.6 Å². The van der Waals surface area contributed by atoms with Crippen molar-refractivity contribution in [2.45, 2.75) is 40.2 Å². The molecule has 0 radical (unpaired) electrons. The molecule has 0 amide bonds. The second kappa shape index (κ2) is 6.18. The normalized spacial score (nSPS) is 19.5. The molecule has 1 aromatic rings. The summed E-state index contributed by atoms with van der Waals surface area (Å²) in [7, 11) is 0. The number of nitrogens with zero attached hydrogens (tertiary/aromatic N) is 1. The van der Waals surface area contributed by atoms with E-state index in [4.69, 9.17) is 0 Å². The van der Waals surface area contributed by atoms with Gasteiger partial charge >= 0.3 is 0 Å². The van der Waals surface area contributed by atoms with Gasteiger partial charge in [-0.15, -0.1) is 11.3 Å². The fourth-order valence-corrected chi connectivity index (χ4v) is 3.59. The van der Waals surface area contributed by atoms with Crippen molar-refractivity contribution in [2.24, 2.45) is 5.41 Å². The van der Waals surface area contributed by atoms with E-state index in [0.29, 0.717) is 5.41 Å². The molecule has 0 aliphatic carbocycles. The third kappa shape index (κ3) is 3.34. The monoisotopic (exact) mass is 266 g/mol. The zero-order valence-corrected chi connectivity index (χ0v) is 12.8. The summed E-state index contributed by atoms with van der Waals surface area (Å²) >= 11 is 1.93. The highest BCUT2D eigenvalue weighted by atomic mass is 32.1. The Kier molecular flexibility index (Phi) is 4.82. The molecular formula is C15H26N2S. The van der Waals surface area contributed by atoms with Crippen LogP contribution in [-0.4, -0.2) is 31.1 Å². The molecule has 0 saturated heterocycles. The Morgan fingerprint density at radius 2 is 2.28 bits per heavy atom. The lowest BCUT2D eigenvalue weighted by atomic mass is 9.86. The van der Waals surface area contributed by atoms with Gasteiger partial charge in [0.25, 0.3) is 0 Å². The Bertz CT molecular complexity index is 374. The van der Waals surface area contributed by atoms with Crippen LogP contribution in [0.4, 0.5) is 0 Å². The topological polar surface area (TPSA) is 15.3 Å². The summed E-state index contributed by atoms with van der Waals surface area (Å²) in [5.74, 6) is 0. The van der Waals surface area contributed by atoms with Gasteiger partial charge in [-0.2, -0.15) is 0 Å².